The molecule has 0 radical (unpaired) electrons. The molecule has 152 valence electrons. The Balaban J connectivity index is 0.000000280. The van der Waals surface area contributed by atoms with Crippen molar-refractivity contribution in [2.45, 2.75) is 52.4 Å². The molecule has 0 fully saturated rings. The van der Waals surface area contributed by atoms with Gasteiger partial charge in [0.1, 0.15) is 5.82 Å². The summed E-state index contributed by atoms with van der Waals surface area (Å²) in [4.78, 5) is 0. The smallest absolute Gasteiger partial charge is 0.132 e. The lowest BCUT2D eigenvalue weighted by atomic mass is 9.86. The second-order valence-electron chi connectivity index (χ2n) is 8.94. The maximum absolute atomic E-state index is 13.5. The molecule has 0 atom stereocenters. The van der Waals surface area contributed by atoms with E-state index in [1.54, 1.807) is 6.07 Å². The van der Waals surface area contributed by atoms with Crippen molar-refractivity contribution < 1.29 is 4.39 Å². The fourth-order valence-corrected chi connectivity index (χ4v) is 2.79. The monoisotopic (exact) mass is 402 g/mol. The van der Waals surface area contributed by atoms with Crippen molar-refractivity contribution in [1.82, 2.24) is 0 Å². The van der Waals surface area contributed by atoms with Crippen LogP contribution in [-0.4, -0.2) is 0 Å². The lowest BCUT2D eigenvalue weighted by Crippen LogP contribution is -2.12. The van der Waals surface area contributed by atoms with Crippen LogP contribution in [0.25, 0.3) is 11.4 Å². The SMILES string of the molecule is C=C(N)c1ccc(C(C)(C)C)cc1Cl.C=C(N)c1ccc(C(C)(C)C)cc1F. The van der Waals surface area contributed by atoms with E-state index in [0.29, 0.717) is 16.3 Å². The van der Waals surface area contributed by atoms with Gasteiger partial charge in [-0.25, -0.2) is 4.39 Å². The van der Waals surface area contributed by atoms with E-state index in [1.807, 2.05) is 45.0 Å². The summed E-state index contributed by atoms with van der Waals surface area (Å²) in [5, 5.41) is 0.671. The minimum absolute atomic E-state index is 0.0463. The van der Waals surface area contributed by atoms with Gasteiger partial charge in [0.2, 0.25) is 0 Å². The maximum Gasteiger partial charge on any atom is 0.132 e. The summed E-state index contributed by atoms with van der Waals surface area (Å²) >= 11 is 6.09. The Morgan fingerprint density at radius 2 is 1.18 bits per heavy atom. The highest BCUT2D eigenvalue weighted by molar-refractivity contribution is 6.32. The number of hydrogen-bond acceptors (Lipinski definition) is 2. The molecule has 2 aromatic rings. The number of hydrogen-bond donors (Lipinski definition) is 2. The molecule has 4 heteroatoms. The zero-order valence-corrected chi connectivity index (χ0v) is 18.5. The molecule has 2 rings (SSSR count). The molecule has 0 spiro atoms. The van der Waals surface area contributed by atoms with Crippen molar-refractivity contribution in [3.05, 3.63) is 82.6 Å². The van der Waals surface area contributed by atoms with E-state index in [9.17, 15) is 4.39 Å². The Morgan fingerprint density at radius 1 is 0.786 bits per heavy atom. The quantitative estimate of drug-likeness (QED) is 0.592. The number of rotatable bonds is 2. The highest BCUT2D eigenvalue weighted by Gasteiger charge is 2.16. The summed E-state index contributed by atoms with van der Waals surface area (Å²) < 4.78 is 13.5. The van der Waals surface area contributed by atoms with Gasteiger partial charge in [0, 0.05) is 22.5 Å². The summed E-state index contributed by atoms with van der Waals surface area (Å²) in [5.74, 6) is -0.301. The number of benzene rings is 2. The largest absolute Gasteiger partial charge is 0.399 e. The summed E-state index contributed by atoms with van der Waals surface area (Å²) in [7, 11) is 0. The number of nitrogens with two attached hydrogens (primary N) is 2. The molecule has 0 unspecified atom stereocenters. The van der Waals surface area contributed by atoms with Crippen LogP contribution in [-0.2, 0) is 10.8 Å². The predicted octanol–water partition coefficient (Wildman–Crippen LogP) is 6.62. The van der Waals surface area contributed by atoms with Crippen LogP contribution in [0.5, 0.6) is 0 Å². The Bertz CT molecular complexity index is 798. The number of halogens is 2. The first-order valence-corrected chi connectivity index (χ1v) is 9.52. The van der Waals surface area contributed by atoms with Gasteiger partial charge in [-0.15, -0.1) is 0 Å². The maximum atomic E-state index is 13.5. The van der Waals surface area contributed by atoms with Crippen molar-refractivity contribution in [2.75, 3.05) is 0 Å². The summed E-state index contributed by atoms with van der Waals surface area (Å²) in [5.41, 5.74) is 15.2. The summed E-state index contributed by atoms with van der Waals surface area (Å²) in [6, 6.07) is 11.0. The van der Waals surface area contributed by atoms with Gasteiger partial charge in [-0.1, -0.05) is 84.5 Å². The average Bonchev–Trinajstić information content (AvgIpc) is 2.52. The highest BCUT2D eigenvalue weighted by Crippen LogP contribution is 2.28. The highest BCUT2D eigenvalue weighted by atomic mass is 35.5. The molecule has 0 saturated carbocycles. The first-order chi connectivity index (χ1) is 12.6. The van der Waals surface area contributed by atoms with Gasteiger partial charge in [0.25, 0.3) is 0 Å². The molecule has 0 heterocycles. The van der Waals surface area contributed by atoms with Crippen molar-refractivity contribution in [1.29, 1.82) is 0 Å². The predicted molar refractivity (Wildman–Crippen MR) is 122 cm³/mol. The lowest BCUT2D eigenvalue weighted by molar-refractivity contribution is 0.571. The normalized spacial score (nSPS) is 11.4. The van der Waals surface area contributed by atoms with Crippen molar-refractivity contribution >= 4 is 23.0 Å². The molecule has 2 aromatic carbocycles. The molecule has 0 aromatic heterocycles. The van der Waals surface area contributed by atoms with E-state index >= 15 is 0 Å². The zero-order chi connectivity index (χ0) is 21.9. The average molecular weight is 403 g/mol. The first-order valence-electron chi connectivity index (χ1n) is 9.14. The third-order valence-corrected chi connectivity index (χ3v) is 4.67. The minimum atomic E-state index is -0.301. The molecular formula is C24H32ClFN2. The van der Waals surface area contributed by atoms with Crippen LogP contribution in [0.2, 0.25) is 5.02 Å². The molecule has 0 bridgehead atoms. The van der Waals surface area contributed by atoms with Crippen LogP contribution < -0.4 is 11.5 Å². The van der Waals surface area contributed by atoms with Gasteiger partial charge in [-0.2, -0.15) is 0 Å². The van der Waals surface area contributed by atoms with Crippen LogP contribution in [0.4, 0.5) is 4.39 Å². The van der Waals surface area contributed by atoms with Gasteiger partial charge in [0.05, 0.1) is 5.02 Å². The Kier molecular flexibility index (Phi) is 7.50. The minimum Gasteiger partial charge on any atom is -0.399 e. The Labute approximate surface area is 174 Å². The molecule has 0 amide bonds. The topological polar surface area (TPSA) is 52.0 Å². The molecule has 28 heavy (non-hydrogen) atoms. The fourth-order valence-electron chi connectivity index (χ4n) is 2.48. The van der Waals surface area contributed by atoms with Gasteiger partial charge >= 0.3 is 0 Å². The van der Waals surface area contributed by atoms with Crippen molar-refractivity contribution in [2.24, 2.45) is 11.5 Å². The van der Waals surface area contributed by atoms with Crippen LogP contribution in [0.1, 0.15) is 63.8 Å². The van der Waals surface area contributed by atoms with Gasteiger partial charge in [-0.05, 0) is 40.2 Å². The van der Waals surface area contributed by atoms with E-state index in [-0.39, 0.29) is 22.3 Å². The molecule has 0 aliphatic carbocycles. The van der Waals surface area contributed by atoms with Crippen LogP contribution >= 0.6 is 11.6 Å². The summed E-state index contributed by atoms with van der Waals surface area (Å²) in [6.07, 6.45) is 0. The van der Waals surface area contributed by atoms with E-state index < -0.39 is 0 Å². The molecule has 0 aliphatic rings. The van der Waals surface area contributed by atoms with Crippen molar-refractivity contribution in [3.8, 4) is 0 Å². The van der Waals surface area contributed by atoms with E-state index in [2.05, 4.69) is 33.9 Å². The van der Waals surface area contributed by atoms with Gasteiger partial charge in [0.15, 0.2) is 0 Å². The third kappa shape index (κ3) is 6.42. The second kappa shape index (κ2) is 8.83. The fraction of sp³-hybridized carbons (Fsp3) is 0.333. The lowest BCUT2D eigenvalue weighted by Gasteiger charge is -2.20. The zero-order valence-electron chi connectivity index (χ0n) is 17.8. The Morgan fingerprint density at radius 3 is 1.50 bits per heavy atom. The molecule has 2 nitrogen and oxygen atoms in total. The van der Waals surface area contributed by atoms with E-state index in [1.165, 1.54) is 11.6 Å². The van der Waals surface area contributed by atoms with Crippen LogP contribution in [0.3, 0.4) is 0 Å². The van der Waals surface area contributed by atoms with Gasteiger partial charge in [-0.3, -0.25) is 0 Å². The van der Waals surface area contributed by atoms with Crippen LogP contribution in [0, 0.1) is 5.82 Å². The third-order valence-electron chi connectivity index (χ3n) is 4.36. The van der Waals surface area contributed by atoms with Gasteiger partial charge < -0.3 is 11.5 Å². The van der Waals surface area contributed by atoms with E-state index in [4.69, 9.17) is 23.1 Å². The molecule has 4 N–H and O–H groups in total. The molecular weight excluding hydrogens is 371 g/mol. The van der Waals surface area contributed by atoms with Crippen LogP contribution in [0.15, 0.2) is 49.6 Å². The first kappa shape index (κ1) is 23.8. The van der Waals surface area contributed by atoms with Crippen molar-refractivity contribution in [3.63, 3.8) is 0 Å². The van der Waals surface area contributed by atoms with E-state index in [0.717, 1.165) is 11.1 Å². The second-order valence-corrected chi connectivity index (χ2v) is 9.35. The summed E-state index contributed by atoms with van der Waals surface area (Å²) in [6.45, 7) is 19.8. The molecule has 0 saturated heterocycles. The standard InChI is InChI=1S/C12H16ClN.C12H16FN/c2*1-8(14)10-6-5-9(7-11(10)13)12(2,3)4/h2*5-7H,1,14H2,2-4H3. The molecule has 0 aliphatic heterocycles. The Hall–Kier alpha value is -2.26.